The largest absolute Gasteiger partial charge is 0.448 e. The molecule has 2 aromatic rings. The molecule has 0 aromatic heterocycles. The molecule has 1 saturated heterocycles. The van der Waals surface area contributed by atoms with Gasteiger partial charge in [-0.3, -0.25) is 9.69 Å². The number of likely N-dealkylation sites (tertiary alicyclic amines) is 1. The van der Waals surface area contributed by atoms with Crippen molar-refractivity contribution in [3.63, 3.8) is 0 Å². The summed E-state index contributed by atoms with van der Waals surface area (Å²) in [4.78, 5) is 26.6. The molecule has 0 spiro atoms. The van der Waals surface area contributed by atoms with Crippen molar-refractivity contribution in [2.24, 2.45) is 0 Å². The molecule has 1 aliphatic carbocycles. The van der Waals surface area contributed by atoms with Gasteiger partial charge in [0, 0.05) is 12.3 Å². The molecule has 0 bridgehead atoms. The van der Waals surface area contributed by atoms with Crippen molar-refractivity contribution in [1.82, 2.24) is 4.90 Å². The second-order valence-electron chi connectivity index (χ2n) is 7.63. The number of nitrogens with zero attached hydrogens (tertiary/aromatic N) is 1. The summed E-state index contributed by atoms with van der Waals surface area (Å²) in [5.74, 6) is -0.305. The molecule has 6 nitrogen and oxygen atoms in total. The van der Waals surface area contributed by atoms with Crippen LogP contribution in [0.1, 0.15) is 23.5 Å². The third kappa shape index (κ3) is 3.88. The van der Waals surface area contributed by atoms with Crippen LogP contribution in [-0.2, 0) is 14.3 Å². The number of benzene rings is 2. The number of amides is 1. The van der Waals surface area contributed by atoms with Gasteiger partial charge in [-0.2, -0.15) is 0 Å². The molecule has 1 aliphatic heterocycles. The zero-order chi connectivity index (χ0) is 21.1. The van der Waals surface area contributed by atoms with Crippen LogP contribution in [0, 0.1) is 0 Å². The van der Waals surface area contributed by atoms with Crippen molar-refractivity contribution in [2.45, 2.75) is 24.5 Å². The Morgan fingerprint density at radius 3 is 2.37 bits per heavy atom. The molecule has 2 atom stereocenters. The maximum Gasteiger partial charge on any atom is 0.410 e. The van der Waals surface area contributed by atoms with E-state index in [0.717, 1.165) is 22.3 Å². The van der Waals surface area contributed by atoms with E-state index in [4.69, 9.17) is 9.47 Å². The molecule has 30 heavy (non-hydrogen) atoms. The van der Waals surface area contributed by atoms with Crippen LogP contribution in [0.4, 0.5) is 4.79 Å². The molecule has 1 amide bonds. The molecule has 6 heteroatoms. The minimum Gasteiger partial charge on any atom is -0.448 e. The molecule has 1 fully saturated rings. The second-order valence-corrected chi connectivity index (χ2v) is 7.63. The van der Waals surface area contributed by atoms with Gasteiger partial charge < -0.3 is 14.6 Å². The van der Waals surface area contributed by atoms with E-state index in [1.54, 1.807) is 6.08 Å². The lowest BCUT2D eigenvalue weighted by atomic mass is 9.98. The van der Waals surface area contributed by atoms with Crippen LogP contribution in [0.3, 0.4) is 0 Å². The van der Waals surface area contributed by atoms with E-state index in [-0.39, 0.29) is 44.5 Å². The first-order valence-electron chi connectivity index (χ1n) is 10.1. The zero-order valence-electron chi connectivity index (χ0n) is 16.7. The Balaban J connectivity index is 1.45. The molecule has 1 heterocycles. The van der Waals surface area contributed by atoms with Gasteiger partial charge in [-0.25, -0.2) is 4.79 Å². The number of aliphatic hydroxyl groups excluding tert-OH is 1. The van der Waals surface area contributed by atoms with E-state index < -0.39 is 18.2 Å². The number of β-amino-alcohol motifs (C(OH)–C–C–N with tert-alkyl or cyclic N) is 1. The number of carbonyl (C=O) groups is 2. The molecule has 1 N–H and O–H groups in total. The fourth-order valence-corrected chi connectivity index (χ4v) is 4.34. The van der Waals surface area contributed by atoms with E-state index in [0.29, 0.717) is 0 Å². The molecule has 0 saturated carbocycles. The Bertz CT molecular complexity index is 911. The van der Waals surface area contributed by atoms with Gasteiger partial charge in [-0.15, -0.1) is 6.58 Å². The molecular weight excluding hydrogens is 382 g/mol. The van der Waals surface area contributed by atoms with Crippen molar-refractivity contribution >= 4 is 11.9 Å². The lowest BCUT2D eigenvalue weighted by Crippen LogP contribution is -2.42. The maximum atomic E-state index is 12.8. The monoisotopic (exact) mass is 407 g/mol. The van der Waals surface area contributed by atoms with Gasteiger partial charge in [0.25, 0.3) is 0 Å². The van der Waals surface area contributed by atoms with E-state index >= 15 is 0 Å². The van der Waals surface area contributed by atoms with Crippen molar-refractivity contribution in [1.29, 1.82) is 0 Å². The van der Waals surface area contributed by atoms with Gasteiger partial charge in [0.15, 0.2) is 5.78 Å². The highest BCUT2D eigenvalue weighted by Crippen LogP contribution is 2.44. The van der Waals surface area contributed by atoms with Gasteiger partial charge in [0.2, 0.25) is 0 Å². The topological polar surface area (TPSA) is 76.1 Å². The van der Waals surface area contributed by atoms with Crippen LogP contribution in [0.15, 0.2) is 61.2 Å². The average Bonchev–Trinajstić information content (AvgIpc) is 3.30. The Kier molecular flexibility index (Phi) is 5.97. The predicted octanol–water partition coefficient (Wildman–Crippen LogP) is 3.14. The molecule has 2 aromatic carbocycles. The summed E-state index contributed by atoms with van der Waals surface area (Å²) in [6.07, 6.45) is 0.412. The molecular formula is C24H25NO5. The van der Waals surface area contributed by atoms with E-state index in [2.05, 4.69) is 30.8 Å². The minimum atomic E-state index is -0.751. The summed E-state index contributed by atoms with van der Waals surface area (Å²) >= 11 is 0. The van der Waals surface area contributed by atoms with Gasteiger partial charge in [-0.1, -0.05) is 54.6 Å². The molecule has 4 rings (SSSR count). The van der Waals surface area contributed by atoms with Gasteiger partial charge in [0.05, 0.1) is 25.3 Å². The van der Waals surface area contributed by atoms with E-state index in [1.165, 1.54) is 4.90 Å². The first-order chi connectivity index (χ1) is 14.6. The summed E-state index contributed by atoms with van der Waals surface area (Å²) in [7, 11) is 0. The highest BCUT2D eigenvalue weighted by Gasteiger charge is 2.40. The number of rotatable bonds is 7. The highest BCUT2D eigenvalue weighted by molar-refractivity contribution is 5.89. The van der Waals surface area contributed by atoms with Crippen molar-refractivity contribution in [3.8, 4) is 11.1 Å². The lowest BCUT2D eigenvalue weighted by Gasteiger charge is -2.24. The Morgan fingerprint density at radius 1 is 1.10 bits per heavy atom. The van der Waals surface area contributed by atoms with Crippen LogP contribution in [0.5, 0.6) is 0 Å². The Morgan fingerprint density at radius 2 is 1.73 bits per heavy atom. The number of ether oxygens (including phenoxy) is 2. The zero-order valence-corrected chi connectivity index (χ0v) is 16.7. The average molecular weight is 407 g/mol. The highest BCUT2D eigenvalue weighted by atomic mass is 16.6. The first kappa shape index (κ1) is 20.3. The van der Waals surface area contributed by atoms with Crippen molar-refractivity contribution in [3.05, 3.63) is 72.3 Å². The number of aliphatic hydroxyl groups is 1. The van der Waals surface area contributed by atoms with Crippen LogP contribution in [0.25, 0.3) is 11.1 Å². The standard InChI is InChI=1S/C24H25NO5/c1-2-11-29-15-23(27)22-12-16(26)13-25(22)24(28)30-14-21-19-9-5-3-7-17(19)18-8-4-6-10-20(18)21/h2-10,16,21-22,26H,1,11-15H2/t16-,22+/m1/s1. The fourth-order valence-electron chi connectivity index (χ4n) is 4.34. The third-order valence-corrected chi connectivity index (χ3v) is 5.70. The number of ketones is 1. The number of hydrogen-bond acceptors (Lipinski definition) is 5. The number of fused-ring (bicyclic) bond motifs is 3. The molecule has 156 valence electrons. The van der Waals surface area contributed by atoms with E-state index in [9.17, 15) is 14.7 Å². The summed E-state index contributed by atoms with van der Waals surface area (Å²) in [5, 5.41) is 10.0. The van der Waals surface area contributed by atoms with Crippen LogP contribution in [-0.4, -0.2) is 60.4 Å². The summed E-state index contributed by atoms with van der Waals surface area (Å²) < 4.78 is 10.9. The van der Waals surface area contributed by atoms with Crippen LogP contribution in [0.2, 0.25) is 0 Å². The first-order valence-corrected chi connectivity index (χ1v) is 10.1. The minimum absolute atomic E-state index is 0.0565. The van der Waals surface area contributed by atoms with Crippen LogP contribution >= 0.6 is 0 Å². The number of carbonyl (C=O) groups excluding carboxylic acids is 2. The molecule has 2 aliphatic rings. The smallest absolute Gasteiger partial charge is 0.410 e. The fraction of sp³-hybridized carbons (Fsp3) is 0.333. The lowest BCUT2D eigenvalue weighted by molar-refractivity contribution is -0.127. The predicted molar refractivity (Wildman–Crippen MR) is 112 cm³/mol. The summed E-state index contributed by atoms with van der Waals surface area (Å²) in [6.45, 7) is 3.92. The normalized spacial score (nSPS) is 20.0. The second kappa shape index (κ2) is 8.81. The molecule has 0 unspecified atom stereocenters. The number of Topliss-reactive ketones (excluding diaryl/α,β-unsaturated/α-hetero) is 1. The Labute approximate surface area is 175 Å². The maximum absolute atomic E-state index is 12.8. The number of hydrogen-bond donors (Lipinski definition) is 1. The SMILES string of the molecule is C=CCOCC(=O)[C@@H]1C[C@@H](O)CN1C(=O)OCC1c2ccccc2-c2ccccc21. The van der Waals surface area contributed by atoms with Crippen LogP contribution < -0.4 is 0 Å². The quantitative estimate of drug-likeness (QED) is 0.564. The van der Waals surface area contributed by atoms with Gasteiger partial charge >= 0.3 is 6.09 Å². The van der Waals surface area contributed by atoms with E-state index in [1.807, 2.05) is 24.3 Å². The van der Waals surface area contributed by atoms with Crippen molar-refractivity contribution < 1.29 is 24.2 Å². The van der Waals surface area contributed by atoms with Gasteiger partial charge in [0.1, 0.15) is 13.2 Å². The summed E-state index contributed by atoms with van der Waals surface area (Å²) in [6, 6.07) is 15.5. The third-order valence-electron chi connectivity index (χ3n) is 5.70. The Hall–Kier alpha value is -2.96. The molecule has 0 radical (unpaired) electrons. The van der Waals surface area contributed by atoms with Crippen molar-refractivity contribution in [2.75, 3.05) is 26.4 Å². The van der Waals surface area contributed by atoms with Gasteiger partial charge in [-0.05, 0) is 22.3 Å². The summed E-state index contributed by atoms with van der Waals surface area (Å²) in [5.41, 5.74) is 4.55.